The summed E-state index contributed by atoms with van der Waals surface area (Å²) in [6.45, 7) is 3.72. The summed E-state index contributed by atoms with van der Waals surface area (Å²) in [4.78, 5) is 12.2. The molecular weight excluding hydrogens is 264 g/mol. The average molecular weight is 280 g/mol. The topological polar surface area (TPSA) is 46.5 Å². The maximum atomic E-state index is 12.2. The third-order valence-electron chi connectivity index (χ3n) is 4.00. The van der Waals surface area contributed by atoms with Crippen molar-refractivity contribution in [2.75, 3.05) is 0 Å². The van der Waals surface area contributed by atoms with Crippen LogP contribution < -0.4 is 4.74 Å². The number of rotatable bonds is 4. The first-order valence-corrected chi connectivity index (χ1v) is 6.91. The summed E-state index contributed by atoms with van der Waals surface area (Å²) < 4.78 is 5.87. The van der Waals surface area contributed by atoms with E-state index in [9.17, 15) is 9.90 Å². The van der Waals surface area contributed by atoms with Crippen molar-refractivity contribution in [3.8, 4) is 11.5 Å². The summed E-state index contributed by atoms with van der Waals surface area (Å²) in [6.07, 6.45) is 2.84. The van der Waals surface area contributed by atoms with Crippen LogP contribution in [0.5, 0.6) is 11.5 Å². The largest absolute Gasteiger partial charge is 0.480 e. The lowest BCUT2D eigenvalue weighted by Crippen LogP contribution is -2.39. The molecule has 0 atom stereocenters. The Bertz CT molecular complexity index is 658. The first-order chi connectivity index (χ1) is 10.2. The number of para-hydroxylation sites is 2. The van der Waals surface area contributed by atoms with Gasteiger partial charge < -0.3 is 9.84 Å². The van der Waals surface area contributed by atoms with E-state index in [-0.39, 0.29) is 0 Å². The molecule has 0 aliphatic carbocycles. The van der Waals surface area contributed by atoms with Crippen LogP contribution in [0.3, 0.4) is 0 Å². The number of allylic oxidation sites excluding steroid dienone is 1. The number of carboxylic acid groups (broad SMARTS) is 1. The van der Waals surface area contributed by atoms with E-state index >= 15 is 0 Å². The lowest BCUT2D eigenvalue weighted by molar-refractivity contribution is -0.142. The van der Waals surface area contributed by atoms with E-state index in [1.54, 1.807) is 6.08 Å². The van der Waals surface area contributed by atoms with Crippen molar-refractivity contribution in [1.29, 1.82) is 0 Å². The molecule has 0 spiro atoms. The molecule has 21 heavy (non-hydrogen) atoms. The van der Waals surface area contributed by atoms with Gasteiger partial charge in [0.05, 0.1) is 0 Å². The Morgan fingerprint density at radius 1 is 1.10 bits per heavy atom. The van der Waals surface area contributed by atoms with Crippen LogP contribution in [0.4, 0.5) is 0 Å². The fourth-order valence-corrected chi connectivity index (χ4v) is 3.01. The van der Waals surface area contributed by atoms with E-state index in [1.165, 1.54) is 0 Å². The molecule has 106 valence electrons. The number of carboxylic acids is 1. The zero-order chi connectivity index (χ0) is 14.9. The Balaban J connectivity index is 2.30. The number of fused-ring (bicyclic) bond motifs is 2. The predicted octanol–water partition coefficient (Wildman–Crippen LogP) is 4.13. The predicted molar refractivity (Wildman–Crippen MR) is 80.8 cm³/mol. The van der Waals surface area contributed by atoms with Gasteiger partial charge >= 0.3 is 5.97 Å². The molecule has 3 nitrogen and oxygen atoms in total. The molecule has 2 aromatic carbocycles. The lowest BCUT2D eigenvalue weighted by atomic mass is 9.69. The van der Waals surface area contributed by atoms with Gasteiger partial charge in [0.1, 0.15) is 16.9 Å². The number of aliphatic carboxylic acids is 1. The highest BCUT2D eigenvalue weighted by molar-refractivity contribution is 5.89. The van der Waals surface area contributed by atoms with Crippen molar-refractivity contribution in [3.05, 3.63) is 72.3 Å². The molecule has 3 rings (SSSR count). The molecule has 2 aromatic rings. The fraction of sp³-hybridized carbons (Fsp3) is 0.167. The van der Waals surface area contributed by atoms with E-state index in [0.717, 1.165) is 0 Å². The molecule has 0 amide bonds. The van der Waals surface area contributed by atoms with Crippen LogP contribution in [0, 0.1) is 0 Å². The molecule has 0 unspecified atom stereocenters. The van der Waals surface area contributed by atoms with Crippen molar-refractivity contribution >= 4 is 5.97 Å². The minimum Gasteiger partial charge on any atom is -0.480 e. The van der Waals surface area contributed by atoms with Crippen LogP contribution in [0.2, 0.25) is 0 Å². The van der Waals surface area contributed by atoms with Gasteiger partial charge in [0.15, 0.2) is 0 Å². The summed E-state index contributed by atoms with van der Waals surface area (Å²) in [5, 5.41) is 10.0. The van der Waals surface area contributed by atoms with Gasteiger partial charge in [-0.25, -0.2) is 0 Å². The van der Waals surface area contributed by atoms with Crippen LogP contribution >= 0.6 is 0 Å². The highest BCUT2D eigenvalue weighted by atomic mass is 16.5. The van der Waals surface area contributed by atoms with Crippen molar-refractivity contribution in [2.24, 2.45) is 0 Å². The molecule has 1 N–H and O–H groups in total. The maximum absolute atomic E-state index is 12.2. The van der Waals surface area contributed by atoms with E-state index in [4.69, 9.17) is 4.74 Å². The Hall–Kier alpha value is -2.55. The third kappa shape index (κ3) is 1.93. The van der Waals surface area contributed by atoms with Gasteiger partial charge in [-0.1, -0.05) is 42.5 Å². The molecule has 0 saturated heterocycles. The van der Waals surface area contributed by atoms with E-state index in [1.807, 2.05) is 48.5 Å². The zero-order valence-corrected chi connectivity index (χ0v) is 11.6. The second-order valence-corrected chi connectivity index (χ2v) is 5.13. The molecular formula is C18H16O3. The average Bonchev–Trinajstić information content (AvgIpc) is 2.51. The summed E-state index contributed by atoms with van der Waals surface area (Å²) in [5.41, 5.74) is 0.329. The normalized spacial score (nSPS) is 14.5. The maximum Gasteiger partial charge on any atom is 0.318 e. The van der Waals surface area contributed by atoms with Gasteiger partial charge in [-0.05, 0) is 25.0 Å². The zero-order valence-electron chi connectivity index (χ0n) is 11.6. The summed E-state index contributed by atoms with van der Waals surface area (Å²) in [5.74, 6) is 0.373. The van der Waals surface area contributed by atoms with Gasteiger partial charge in [-0.3, -0.25) is 4.79 Å². The van der Waals surface area contributed by atoms with E-state index in [0.29, 0.717) is 35.5 Å². The van der Waals surface area contributed by atoms with Crippen LogP contribution in [-0.2, 0) is 10.2 Å². The van der Waals surface area contributed by atoms with Crippen molar-refractivity contribution < 1.29 is 14.6 Å². The minimum absolute atomic E-state index is 0.462. The van der Waals surface area contributed by atoms with Crippen molar-refractivity contribution in [2.45, 2.75) is 18.3 Å². The van der Waals surface area contributed by atoms with Gasteiger partial charge in [-0.15, -0.1) is 6.58 Å². The molecule has 1 aliphatic rings. The van der Waals surface area contributed by atoms with Crippen molar-refractivity contribution in [1.82, 2.24) is 0 Å². The lowest BCUT2D eigenvalue weighted by Gasteiger charge is -2.36. The smallest absolute Gasteiger partial charge is 0.318 e. The Kier molecular flexibility index (Phi) is 3.26. The minimum atomic E-state index is -1.08. The molecule has 1 heterocycles. The number of benzene rings is 2. The Morgan fingerprint density at radius 3 is 2.10 bits per heavy atom. The second kappa shape index (κ2) is 5.09. The van der Waals surface area contributed by atoms with Gasteiger partial charge in [0.25, 0.3) is 0 Å². The first kappa shape index (κ1) is 13.4. The molecule has 0 saturated carbocycles. The monoisotopic (exact) mass is 280 g/mol. The third-order valence-corrected chi connectivity index (χ3v) is 4.00. The number of ether oxygens (including phenoxy) is 1. The molecule has 0 fully saturated rings. The van der Waals surface area contributed by atoms with Crippen LogP contribution in [0.25, 0.3) is 0 Å². The van der Waals surface area contributed by atoms with Crippen LogP contribution in [0.1, 0.15) is 24.0 Å². The molecule has 0 radical (unpaired) electrons. The summed E-state index contributed by atoms with van der Waals surface area (Å²) in [6, 6.07) is 14.7. The van der Waals surface area contributed by atoms with E-state index < -0.39 is 11.4 Å². The molecule has 1 aliphatic heterocycles. The summed E-state index contributed by atoms with van der Waals surface area (Å²) >= 11 is 0. The highest BCUT2D eigenvalue weighted by Gasteiger charge is 2.47. The first-order valence-electron chi connectivity index (χ1n) is 6.91. The van der Waals surface area contributed by atoms with Crippen LogP contribution in [-0.4, -0.2) is 11.1 Å². The standard InChI is InChI=1S/C18H16O3/c1-2-3-12-18(17(19)20)13-8-4-6-10-15(13)21-16-11-7-5-9-14(16)18/h2,4-11H,1,3,12H2,(H,19,20). The molecule has 3 heteroatoms. The fourth-order valence-electron chi connectivity index (χ4n) is 3.01. The van der Waals surface area contributed by atoms with Gasteiger partial charge in [0.2, 0.25) is 0 Å². The van der Waals surface area contributed by atoms with Gasteiger partial charge in [0, 0.05) is 11.1 Å². The quantitative estimate of drug-likeness (QED) is 0.856. The van der Waals surface area contributed by atoms with Gasteiger partial charge in [-0.2, -0.15) is 0 Å². The van der Waals surface area contributed by atoms with Crippen LogP contribution in [0.15, 0.2) is 61.2 Å². The Labute approximate surface area is 123 Å². The second-order valence-electron chi connectivity index (χ2n) is 5.13. The molecule has 0 bridgehead atoms. The summed E-state index contributed by atoms with van der Waals surface area (Å²) in [7, 11) is 0. The van der Waals surface area contributed by atoms with E-state index in [2.05, 4.69) is 6.58 Å². The number of carbonyl (C=O) groups is 1. The highest BCUT2D eigenvalue weighted by Crippen LogP contribution is 2.50. The number of hydrogen-bond acceptors (Lipinski definition) is 2. The Morgan fingerprint density at radius 2 is 1.62 bits per heavy atom. The molecule has 0 aromatic heterocycles. The van der Waals surface area contributed by atoms with Crippen molar-refractivity contribution in [3.63, 3.8) is 0 Å². The number of hydrogen-bond donors (Lipinski definition) is 1. The SMILES string of the molecule is C=CCCC1(C(=O)O)c2ccccc2Oc2ccccc21.